The molecule has 23 heavy (non-hydrogen) atoms. The number of hydrogen-bond donors (Lipinski definition) is 2. The summed E-state index contributed by atoms with van der Waals surface area (Å²) in [5, 5.41) is 12.4. The summed E-state index contributed by atoms with van der Waals surface area (Å²) in [6.45, 7) is 3.08. The summed E-state index contributed by atoms with van der Waals surface area (Å²) in [7, 11) is 0. The highest BCUT2D eigenvalue weighted by Crippen LogP contribution is 2.49. The predicted molar refractivity (Wildman–Crippen MR) is 82.0 cm³/mol. The highest BCUT2D eigenvalue weighted by Gasteiger charge is 2.48. The van der Waals surface area contributed by atoms with E-state index in [1.54, 1.807) is 11.8 Å². The molecule has 2 fully saturated rings. The molecule has 1 aromatic carbocycles. The third kappa shape index (κ3) is 3.17. The summed E-state index contributed by atoms with van der Waals surface area (Å²) >= 11 is 0. The third-order valence-electron chi connectivity index (χ3n) is 5.12. The van der Waals surface area contributed by atoms with E-state index in [2.05, 4.69) is 5.32 Å². The predicted octanol–water partition coefficient (Wildman–Crippen LogP) is 2.41. The van der Waals surface area contributed by atoms with Crippen LogP contribution in [0.5, 0.6) is 0 Å². The van der Waals surface area contributed by atoms with E-state index in [0.717, 1.165) is 6.42 Å². The number of aliphatic hydroxyl groups excluding tert-OH is 1. The number of hydrogen-bond acceptors (Lipinski definition) is 2. The lowest BCUT2D eigenvalue weighted by molar-refractivity contribution is 0.129. The van der Waals surface area contributed by atoms with Gasteiger partial charge in [0.1, 0.15) is 11.6 Å². The molecule has 4 nitrogen and oxygen atoms in total. The first-order chi connectivity index (χ1) is 10.9. The molecule has 0 radical (unpaired) electrons. The summed E-state index contributed by atoms with van der Waals surface area (Å²) in [4.78, 5) is 13.9. The highest BCUT2D eigenvalue weighted by molar-refractivity contribution is 5.74. The first kappa shape index (κ1) is 16.2. The average Bonchev–Trinajstić information content (AvgIpc) is 3.10. The summed E-state index contributed by atoms with van der Waals surface area (Å²) in [6.07, 6.45) is 1.68. The fourth-order valence-electron chi connectivity index (χ4n) is 3.39. The van der Waals surface area contributed by atoms with Gasteiger partial charge in [-0.25, -0.2) is 13.6 Å². The van der Waals surface area contributed by atoms with Crippen LogP contribution in [-0.2, 0) is 5.41 Å². The zero-order chi connectivity index (χ0) is 16.6. The smallest absolute Gasteiger partial charge is 0.317 e. The topological polar surface area (TPSA) is 52.6 Å². The van der Waals surface area contributed by atoms with Crippen LogP contribution in [-0.4, -0.2) is 41.8 Å². The van der Waals surface area contributed by atoms with Gasteiger partial charge >= 0.3 is 6.03 Å². The van der Waals surface area contributed by atoms with E-state index in [4.69, 9.17) is 0 Å². The first-order valence-corrected chi connectivity index (χ1v) is 8.08. The number of nitrogens with one attached hydrogen (secondary N) is 1. The lowest BCUT2D eigenvalue weighted by Crippen LogP contribution is -2.42. The van der Waals surface area contributed by atoms with Gasteiger partial charge in [-0.05, 0) is 38.3 Å². The molecule has 1 aliphatic heterocycles. The normalized spacial score (nSPS) is 23.7. The van der Waals surface area contributed by atoms with Crippen molar-refractivity contribution in [3.8, 4) is 0 Å². The van der Waals surface area contributed by atoms with Crippen LogP contribution in [0.1, 0.15) is 31.7 Å². The third-order valence-corrected chi connectivity index (χ3v) is 5.12. The van der Waals surface area contributed by atoms with Gasteiger partial charge < -0.3 is 15.3 Å². The van der Waals surface area contributed by atoms with Crippen LogP contribution >= 0.6 is 0 Å². The van der Waals surface area contributed by atoms with Crippen molar-refractivity contribution < 1.29 is 18.7 Å². The van der Waals surface area contributed by atoms with Gasteiger partial charge in [-0.2, -0.15) is 0 Å². The van der Waals surface area contributed by atoms with Crippen LogP contribution in [0, 0.1) is 17.6 Å². The number of carbonyl (C=O) groups excluding carboxylic acids is 1. The van der Waals surface area contributed by atoms with Crippen LogP contribution in [0.3, 0.4) is 0 Å². The Bertz CT molecular complexity index is 582. The molecule has 0 unspecified atom stereocenters. The maximum absolute atomic E-state index is 14.0. The summed E-state index contributed by atoms with van der Waals surface area (Å²) in [6, 6.07) is 3.64. The molecule has 2 amide bonds. The number of amides is 2. The average molecular weight is 324 g/mol. The van der Waals surface area contributed by atoms with Gasteiger partial charge in [0.05, 0.1) is 6.10 Å². The molecule has 0 bridgehead atoms. The number of rotatable bonds is 4. The fourth-order valence-corrected chi connectivity index (χ4v) is 3.39. The van der Waals surface area contributed by atoms with Gasteiger partial charge in [-0.1, -0.05) is 6.07 Å². The van der Waals surface area contributed by atoms with E-state index in [0.29, 0.717) is 25.9 Å². The van der Waals surface area contributed by atoms with Crippen LogP contribution in [0.15, 0.2) is 18.2 Å². The maximum atomic E-state index is 14.0. The molecule has 2 aliphatic rings. The van der Waals surface area contributed by atoms with Crippen LogP contribution < -0.4 is 5.32 Å². The Morgan fingerprint density at radius 1 is 1.43 bits per heavy atom. The minimum atomic E-state index is -0.617. The Morgan fingerprint density at radius 2 is 2.09 bits per heavy atom. The molecule has 126 valence electrons. The molecule has 2 N–H and O–H groups in total. The van der Waals surface area contributed by atoms with Gasteiger partial charge in [0.25, 0.3) is 0 Å². The van der Waals surface area contributed by atoms with Crippen molar-refractivity contribution in [3.63, 3.8) is 0 Å². The van der Waals surface area contributed by atoms with E-state index in [1.165, 1.54) is 18.2 Å². The molecule has 1 heterocycles. The molecular weight excluding hydrogens is 302 g/mol. The quantitative estimate of drug-likeness (QED) is 0.894. The second kappa shape index (κ2) is 6.07. The van der Waals surface area contributed by atoms with Crippen molar-refractivity contribution >= 4 is 6.03 Å². The van der Waals surface area contributed by atoms with Crippen LogP contribution in [0.25, 0.3) is 0 Å². The van der Waals surface area contributed by atoms with Crippen molar-refractivity contribution in [3.05, 3.63) is 35.4 Å². The molecule has 1 aromatic rings. The lowest BCUT2D eigenvalue weighted by atomic mass is 9.94. The minimum absolute atomic E-state index is 0.0866. The SMILES string of the molecule is C[C@@H](O)[C@H]1CCN(C(=O)NCC2(c3c(F)cccc3F)CC2)C1. The van der Waals surface area contributed by atoms with Crippen molar-refractivity contribution in [2.75, 3.05) is 19.6 Å². The highest BCUT2D eigenvalue weighted by atomic mass is 19.1. The van der Waals surface area contributed by atoms with Gasteiger partial charge in [0.2, 0.25) is 0 Å². The van der Waals surface area contributed by atoms with Gasteiger partial charge in [-0.15, -0.1) is 0 Å². The van der Waals surface area contributed by atoms with Crippen molar-refractivity contribution in [2.24, 2.45) is 5.92 Å². The van der Waals surface area contributed by atoms with E-state index in [-0.39, 0.29) is 24.1 Å². The Balaban J connectivity index is 1.61. The Labute approximate surface area is 134 Å². The number of nitrogens with zero attached hydrogens (tertiary/aromatic N) is 1. The van der Waals surface area contributed by atoms with E-state index in [1.807, 2.05) is 0 Å². The zero-order valence-electron chi connectivity index (χ0n) is 13.2. The van der Waals surface area contributed by atoms with E-state index in [9.17, 15) is 18.7 Å². The van der Waals surface area contributed by atoms with Gasteiger partial charge in [-0.3, -0.25) is 0 Å². The monoisotopic (exact) mass is 324 g/mol. The molecule has 2 atom stereocenters. The maximum Gasteiger partial charge on any atom is 0.317 e. The van der Waals surface area contributed by atoms with Gasteiger partial charge in [0.15, 0.2) is 0 Å². The van der Waals surface area contributed by atoms with Crippen molar-refractivity contribution in [2.45, 2.75) is 37.7 Å². The second-order valence-electron chi connectivity index (χ2n) is 6.77. The number of benzene rings is 1. The van der Waals surface area contributed by atoms with Crippen LogP contribution in [0.4, 0.5) is 13.6 Å². The molecule has 6 heteroatoms. The molecule has 1 aliphatic carbocycles. The summed E-state index contributed by atoms with van der Waals surface area (Å²) in [5.74, 6) is -1.00. The number of carbonyl (C=O) groups is 1. The Morgan fingerprint density at radius 3 is 2.61 bits per heavy atom. The minimum Gasteiger partial charge on any atom is -0.393 e. The Kier molecular flexibility index (Phi) is 4.27. The van der Waals surface area contributed by atoms with Crippen molar-refractivity contribution in [1.29, 1.82) is 0 Å². The summed E-state index contributed by atoms with van der Waals surface area (Å²) < 4.78 is 27.9. The van der Waals surface area contributed by atoms with Crippen molar-refractivity contribution in [1.82, 2.24) is 10.2 Å². The zero-order valence-corrected chi connectivity index (χ0v) is 13.2. The number of urea groups is 1. The second-order valence-corrected chi connectivity index (χ2v) is 6.77. The largest absolute Gasteiger partial charge is 0.393 e. The van der Waals surface area contributed by atoms with Gasteiger partial charge in [0, 0.05) is 36.5 Å². The number of aliphatic hydroxyl groups is 1. The standard InChI is InChI=1S/C17H22F2N2O2/c1-11(22)12-5-8-21(9-12)16(23)20-10-17(6-7-17)15-13(18)3-2-4-14(15)19/h2-4,11-12,22H,5-10H2,1H3,(H,20,23)/t11-,12+/m1/s1. The molecular formula is C17H22F2N2O2. The number of halogens is 2. The molecule has 1 saturated carbocycles. The molecule has 1 saturated heterocycles. The van der Waals surface area contributed by atoms with E-state index >= 15 is 0 Å². The number of likely N-dealkylation sites (tertiary alicyclic amines) is 1. The summed E-state index contributed by atoms with van der Waals surface area (Å²) in [5.41, 5.74) is -0.530. The lowest BCUT2D eigenvalue weighted by Gasteiger charge is -2.22. The molecule has 0 spiro atoms. The Hall–Kier alpha value is -1.69. The molecule has 0 aromatic heterocycles. The van der Waals surface area contributed by atoms with E-state index < -0.39 is 23.2 Å². The first-order valence-electron chi connectivity index (χ1n) is 8.08. The molecule has 3 rings (SSSR count). The van der Waals surface area contributed by atoms with Crippen LogP contribution in [0.2, 0.25) is 0 Å². The fraction of sp³-hybridized carbons (Fsp3) is 0.588.